The van der Waals surface area contributed by atoms with Gasteiger partial charge in [0.25, 0.3) is 11.6 Å². The van der Waals surface area contributed by atoms with E-state index in [4.69, 9.17) is 16.3 Å². The molecule has 0 bridgehead atoms. The summed E-state index contributed by atoms with van der Waals surface area (Å²) in [6.07, 6.45) is 0. The zero-order valence-electron chi connectivity index (χ0n) is 15.5. The van der Waals surface area contributed by atoms with Crippen molar-refractivity contribution in [2.24, 2.45) is 5.41 Å². The number of rotatable bonds is 3. The first-order valence-electron chi connectivity index (χ1n) is 8.40. The van der Waals surface area contributed by atoms with Crippen LogP contribution in [0.15, 0.2) is 36.4 Å². The van der Waals surface area contributed by atoms with Crippen molar-refractivity contribution < 1.29 is 19.2 Å². The monoisotopic (exact) mass is 403 g/mol. The molecule has 0 unspecified atom stereocenters. The van der Waals surface area contributed by atoms with Crippen molar-refractivity contribution in [1.82, 2.24) is 0 Å². The van der Waals surface area contributed by atoms with E-state index >= 15 is 0 Å². The van der Waals surface area contributed by atoms with Gasteiger partial charge in [0.15, 0.2) is 0 Å². The third-order valence-corrected chi connectivity index (χ3v) is 4.79. The minimum absolute atomic E-state index is 0.0207. The number of anilines is 2. The van der Waals surface area contributed by atoms with E-state index in [1.165, 1.54) is 17.0 Å². The lowest BCUT2D eigenvalue weighted by molar-refractivity contribution is -0.384. The predicted octanol–water partition coefficient (Wildman–Crippen LogP) is 3.88. The molecule has 0 saturated carbocycles. The molecule has 2 aromatic rings. The topological polar surface area (TPSA) is 102 Å². The van der Waals surface area contributed by atoms with Crippen LogP contribution in [0.25, 0.3) is 0 Å². The maximum atomic E-state index is 12.6. The third-order valence-electron chi connectivity index (χ3n) is 4.46. The van der Waals surface area contributed by atoms with Gasteiger partial charge in [-0.1, -0.05) is 11.6 Å². The third kappa shape index (κ3) is 3.63. The second-order valence-corrected chi connectivity index (χ2v) is 7.50. The van der Waals surface area contributed by atoms with Gasteiger partial charge in [-0.3, -0.25) is 19.7 Å². The van der Waals surface area contributed by atoms with Gasteiger partial charge in [-0.05, 0) is 38.1 Å². The maximum Gasteiger partial charge on any atom is 0.270 e. The Hall–Kier alpha value is -3.13. The standard InChI is InChI=1S/C19H18ClN3O5/c1-19(2)10-28-16-7-4-11(8-15(16)22(3)18(19)25)21-17(24)13-9-12(23(26)27)5-6-14(13)20/h4-9H,10H2,1-3H3,(H,21,24). The van der Waals surface area contributed by atoms with Crippen LogP contribution in [0, 0.1) is 15.5 Å². The molecule has 2 amide bonds. The van der Waals surface area contributed by atoms with Crippen molar-refractivity contribution in [1.29, 1.82) is 0 Å². The zero-order chi connectivity index (χ0) is 20.6. The summed E-state index contributed by atoms with van der Waals surface area (Å²) >= 11 is 6.02. The fourth-order valence-electron chi connectivity index (χ4n) is 2.86. The molecular weight excluding hydrogens is 386 g/mol. The lowest BCUT2D eigenvalue weighted by atomic mass is 9.93. The summed E-state index contributed by atoms with van der Waals surface area (Å²) in [6, 6.07) is 8.53. The molecule has 0 radical (unpaired) electrons. The van der Waals surface area contributed by atoms with E-state index in [-0.39, 0.29) is 28.8 Å². The van der Waals surface area contributed by atoms with Gasteiger partial charge in [0.1, 0.15) is 12.4 Å². The van der Waals surface area contributed by atoms with Crippen molar-refractivity contribution in [3.05, 3.63) is 57.1 Å². The molecule has 0 fully saturated rings. The minimum atomic E-state index is -0.687. The number of carbonyl (C=O) groups excluding carboxylic acids is 2. The summed E-state index contributed by atoms with van der Waals surface area (Å²) < 4.78 is 5.74. The van der Waals surface area contributed by atoms with Crippen LogP contribution in [0.2, 0.25) is 5.02 Å². The molecule has 2 aromatic carbocycles. The Morgan fingerprint density at radius 3 is 2.68 bits per heavy atom. The molecule has 1 aliphatic rings. The normalized spacial score (nSPS) is 15.3. The van der Waals surface area contributed by atoms with E-state index in [9.17, 15) is 19.7 Å². The van der Waals surface area contributed by atoms with Crippen LogP contribution in [-0.4, -0.2) is 30.4 Å². The number of non-ortho nitro benzene ring substituents is 1. The first-order valence-corrected chi connectivity index (χ1v) is 8.78. The molecule has 0 saturated heterocycles. The van der Waals surface area contributed by atoms with Gasteiger partial charge in [0, 0.05) is 24.9 Å². The molecule has 9 heteroatoms. The largest absolute Gasteiger partial charge is 0.490 e. The van der Waals surface area contributed by atoms with Gasteiger partial charge in [-0.15, -0.1) is 0 Å². The molecule has 28 heavy (non-hydrogen) atoms. The van der Waals surface area contributed by atoms with Gasteiger partial charge in [-0.25, -0.2) is 0 Å². The van der Waals surface area contributed by atoms with Crippen molar-refractivity contribution in [2.75, 3.05) is 23.9 Å². The highest BCUT2D eigenvalue weighted by atomic mass is 35.5. The van der Waals surface area contributed by atoms with E-state index in [1.807, 2.05) is 0 Å². The quantitative estimate of drug-likeness (QED) is 0.618. The number of carbonyl (C=O) groups is 2. The first kappa shape index (κ1) is 19.6. The van der Waals surface area contributed by atoms with Gasteiger partial charge < -0.3 is 15.0 Å². The average molecular weight is 404 g/mol. The van der Waals surface area contributed by atoms with Gasteiger partial charge in [0.2, 0.25) is 5.91 Å². The lowest BCUT2D eigenvalue weighted by Crippen LogP contribution is -2.39. The fourth-order valence-corrected chi connectivity index (χ4v) is 3.07. The smallest absolute Gasteiger partial charge is 0.270 e. The Bertz CT molecular complexity index is 990. The van der Waals surface area contributed by atoms with E-state index in [0.717, 1.165) is 6.07 Å². The lowest BCUT2D eigenvalue weighted by Gasteiger charge is -2.24. The Morgan fingerprint density at radius 1 is 1.29 bits per heavy atom. The molecule has 0 atom stereocenters. The average Bonchev–Trinajstić information content (AvgIpc) is 2.72. The van der Waals surface area contributed by atoms with Crippen LogP contribution < -0.4 is 15.0 Å². The van der Waals surface area contributed by atoms with Crippen molar-refractivity contribution in [2.45, 2.75) is 13.8 Å². The van der Waals surface area contributed by atoms with Crippen molar-refractivity contribution in [3.8, 4) is 5.75 Å². The molecule has 0 aliphatic carbocycles. The Kier molecular flexibility index (Phi) is 4.99. The summed E-state index contributed by atoms with van der Waals surface area (Å²) in [5.41, 5.74) is -0.0360. The Labute approximate surface area is 166 Å². The number of nitro groups is 1. The molecule has 1 heterocycles. The summed E-state index contributed by atoms with van der Waals surface area (Å²) in [5, 5.41) is 13.7. The number of hydrogen-bond acceptors (Lipinski definition) is 5. The SMILES string of the molecule is CN1C(=O)C(C)(C)COc2ccc(NC(=O)c3cc([N+](=O)[O-])ccc3Cl)cc21. The highest BCUT2D eigenvalue weighted by molar-refractivity contribution is 6.34. The van der Waals surface area contributed by atoms with E-state index < -0.39 is 16.2 Å². The molecular formula is C19H18ClN3O5. The molecule has 0 aromatic heterocycles. The number of amides is 2. The number of benzene rings is 2. The summed E-state index contributed by atoms with van der Waals surface area (Å²) in [7, 11) is 1.64. The Morgan fingerprint density at radius 2 is 2.00 bits per heavy atom. The highest BCUT2D eigenvalue weighted by Gasteiger charge is 2.36. The van der Waals surface area contributed by atoms with Crippen molar-refractivity contribution in [3.63, 3.8) is 0 Å². The number of nitrogens with zero attached hydrogens (tertiary/aromatic N) is 2. The second kappa shape index (κ2) is 7.12. The highest BCUT2D eigenvalue weighted by Crippen LogP contribution is 2.37. The predicted molar refractivity (Wildman–Crippen MR) is 105 cm³/mol. The molecule has 0 spiro atoms. The molecule has 1 N–H and O–H groups in total. The van der Waals surface area contributed by atoms with E-state index in [0.29, 0.717) is 17.1 Å². The van der Waals surface area contributed by atoms with Gasteiger partial charge in [-0.2, -0.15) is 0 Å². The summed E-state index contributed by atoms with van der Waals surface area (Å²) in [4.78, 5) is 37.0. The van der Waals surface area contributed by atoms with Crippen LogP contribution in [0.4, 0.5) is 17.1 Å². The maximum absolute atomic E-state index is 12.6. The van der Waals surface area contributed by atoms with Crippen LogP contribution in [0.5, 0.6) is 5.75 Å². The van der Waals surface area contributed by atoms with Crippen LogP contribution in [0.1, 0.15) is 24.2 Å². The number of fused-ring (bicyclic) bond motifs is 1. The number of nitro benzene ring substituents is 1. The van der Waals surface area contributed by atoms with Gasteiger partial charge in [0.05, 0.1) is 26.6 Å². The van der Waals surface area contributed by atoms with E-state index in [1.54, 1.807) is 39.1 Å². The summed E-state index contributed by atoms with van der Waals surface area (Å²) in [5.74, 6) is -0.193. The number of ether oxygens (including phenoxy) is 1. The number of nitrogens with one attached hydrogen (secondary N) is 1. The molecule has 1 aliphatic heterocycles. The molecule has 8 nitrogen and oxygen atoms in total. The van der Waals surface area contributed by atoms with Crippen LogP contribution in [-0.2, 0) is 4.79 Å². The van der Waals surface area contributed by atoms with Crippen LogP contribution >= 0.6 is 11.6 Å². The first-order chi connectivity index (χ1) is 13.1. The zero-order valence-corrected chi connectivity index (χ0v) is 16.2. The van der Waals surface area contributed by atoms with E-state index in [2.05, 4.69) is 5.32 Å². The van der Waals surface area contributed by atoms with Gasteiger partial charge >= 0.3 is 0 Å². The second-order valence-electron chi connectivity index (χ2n) is 7.09. The van der Waals surface area contributed by atoms with Crippen molar-refractivity contribution >= 4 is 40.5 Å². The molecule has 3 rings (SSSR count). The summed E-state index contributed by atoms with van der Waals surface area (Å²) in [6.45, 7) is 3.83. The molecule has 146 valence electrons. The fraction of sp³-hybridized carbons (Fsp3) is 0.263. The number of hydrogen-bond donors (Lipinski definition) is 1. The minimum Gasteiger partial charge on any atom is -0.490 e. The van der Waals surface area contributed by atoms with Crippen LogP contribution in [0.3, 0.4) is 0 Å². The number of halogens is 1. The Balaban J connectivity index is 1.90.